The van der Waals surface area contributed by atoms with E-state index in [1.807, 2.05) is 12.1 Å². The zero-order chi connectivity index (χ0) is 19.7. The van der Waals surface area contributed by atoms with Crippen LogP contribution in [-0.2, 0) is 0 Å². The van der Waals surface area contributed by atoms with Crippen molar-refractivity contribution in [1.82, 2.24) is 9.71 Å². The number of aromatic nitrogens is 1. The van der Waals surface area contributed by atoms with Crippen LogP contribution in [0.3, 0.4) is 0 Å². The van der Waals surface area contributed by atoms with Gasteiger partial charge in [0.1, 0.15) is 6.17 Å². The Balaban J connectivity index is 1.51. The maximum Gasteiger partial charge on any atom is 0.255 e. The predicted molar refractivity (Wildman–Crippen MR) is 100 cm³/mol. The number of anilines is 2. The zero-order valence-electron chi connectivity index (χ0n) is 14.2. The largest absolute Gasteiger partial charge is 0.364 e. The first-order valence-electron chi connectivity index (χ1n) is 8.20. The van der Waals surface area contributed by atoms with Crippen LogP contribution in [0.15, 0.2) is 59.8 Å². The van der Waals surface area contributed by atoms with Crippen molar-refractivity contribution in [2.45, 2.75) is 11.1 Å². The van der Waals surface area contributed by atoms with Crippen LogP contribution >= 0.6 is 11.9 Å². The normalized spacial score (nSPS) is 15.5. The average Bonchev–Trinajstić information content (AvgIpc) is 2.71. The fraction of sp³-hybridized carbons (Fsp3) is 0.0526. The highest BCUT2D eigenvalue weighted by molar-refractivity contribution is 7.97. The maximum atomic E-state index is 13.3. The number of hydrogen-bond acceptors (Lipinski definition) is 5. The van der Waals surface area contributed by atoms with Crippen molar-refractivity contribution in [3.05, 3.63) is 83.4 Å². The smallest absolute Gasteiger partial charge is 0.255 e. The van der Waals surface area contributed by atoms with E-state index < -0.39 is 23.4 Å². The molecule has 28 heavy (non-hydrogen) atoms. The van der Waals surface area contributed by atoms with Crippen LogP contribution in [-0.4, -0.2) is 10.9 Å². The minimum absolute atomic E-state index is 0.143. The molecule has 2 heterocycles. The molecule has 1 aromatic heterocycles. The van der Waals surface area contributed by atoms with E-state index in [9.17, 15) is 18.0 Å². The monoisotopic (exact) mass is 402 g/mol. The van der Waals surface area contributed by atoms with Crippen LogP contribution in [0.25, 0.3) is 0 Å². The van der Waals surface area contributed by atoms with E-state index in [4.69, 9.17) is 0 Å². The molecule has 0 radical (unpaired) electrons. The molecule has 1 atom stereocenters. The molecule has 1 aliphatic rings. The minimum atomic E-state index is -1.58. The van der Waals surface area contributed by atoms with Gasteiger partial charge < -0.3 is 10.6 Å². The zero-order valence-corrected chi connectivity index (χ0v) is 15.0. The van der Waals surface area contributed by atoms with E-state index in [1.165, 1.54) is 11.9 Å². The summed E-state index contributed by atoms with van der Waals surface area (Å²) in [6, 6.07) is 10.2. The van der Waals surface area contributed by atoms with Gasteiger partial charge in [0.25, 0.3) is 5.91 Å². The van der Waals surface area contributed by atoms with Gasteiger partial charge in [-0.25, -0.2) is 17.9 Å². The lowest BCUT2D eigenvalue weighted by atomic mass is 10.1. The summed E-state index contributed by atoms with van der Waals surface area (Å²) in [6.45, 7) is 0. The number of carbonyl (C=O) groups is 1. The molecule has 1 unspecified atom stereocenters. The number of rotatable bonds is 3. The molecule has 0 aliphatic carbocycles. The lowest BCUT2D eigenvalue weighted by Gasteiger charge is -2.27. The third-order valence-electron chi connectivity index (χ3n) is 4.09. The summed E-state index contributed by atoms with van der Waals surface area (Å²) in [6.07, 6.45) is 3.30. The molecule has 0 fully saturated rings. The Morgan fingerprint density at radius 3 is 2.61 bits per heavy atom. The Kier molecular flexibility index (Phi) is 4.93. The fourth-order valence-corrected chi connectivity index (χ4v) is 3.57. The number of nitrogens with one attached hydrogen (secondary N) is 3. The maximum absolute atomic E-state index is 13.3. The van der Waals surface area contributed by atoms with Crippen molar-refractivity contribution in [2.24, 2.45) is 0 Å². The quantitative estimate of drug-likeness (QED) is 0.446. The SMILES string of the molecule is O=C(Nc1cc(F)c(F)c(F)c1)c1ccc2c(c1)SNC(c1cccnc1)N2. The molecule has 3 aromatic rings. The van der Waals surface area contributed by atoms with Gasteiger partial charge in [0.15, 0.2) is 17.5 Å². The van der Waals surface area contributed by atoms with Crippen molar-refractivity contribution < 1.29 is 18.0 Å². The van der Waals surface area contributed by atoms with Gasteiger partial charge >= 0.3 is 0 Å². The molecule has 142 valence electrons. The van der Waals surface area contributed by atoms with E-state index in [0.29, 0.717) is 5.56 Å². The molecular weight excluding hydrogens is 389 g/mol. The standard InChI is InChI=1S/C19H13F3N4OS/c20-13-7-12(8-14(21)17(13)22)24-19(27)10-3-4-15-16(6-10)28-26-18(25-15)11-2-1-5-23-9-11/h1-9,18,25-26H,(H,24,27). The number of fused-ring (bicyclic) bond motifs is 1. The summed E-state index contributed by atoms with van der Waals surface area (Å²) in [5.74, 6) is -4.89. The van der Waals surface area contributed by atoms with Crippen molar-refractivity contribution in [2.75, 3.05) is 10.6 Å². The predicted octanol–water partition coefficient (Wildman–Crippen LogP) is 4.47. The lowest BCUT2D eigenvalue weighted by Crippen LogP contribution is -2.27. The van der Waals surface area contributed by atoms with Crippen molar-refractivity contribution in [3.8, 4) is 0 Å². The molecule has 1 aliphatic heterocycles. The van der Waals surface area contributed by atoms with Gasteiger partial charge in [-0.3, -0.25) is 9.78 Å². The first kappa shape index (κ1) is 18.3. The molecule has 9 heteroatoms. The highest BCUT2D eigenvalue weighted by atomic mass is 32.2. The first-order valence-corrected chi connectivity index (χ1v) is 9.01. The number of hydrogen-bond donors (Lipinski definition) is 3. The van der Waals surface area contributed by atoms with E-state index in [2.05, 4.69) is 20.3 Å². The molecule has 1 amide bonds. The van der Waals surface area contributed by atoms with Gasteiger partial charge in [0.2, 0.25) is 0 Å². The first-order chi connectivity index (χ1) is 13.5. The molecule has 0 saturated heterocycles. The van der Waals surface area contributed by atoms with Crippen LogP contribution in [0, 0.1) is 17.5 Å². The van der Waals surface area contributed by atoms with Crippen molar-refractivity contribution in [1.29, 1.82) is 0 Å². The number of amides is 1. The minimum Gasteiger partial charge on any atom is -0.364 e. The molecule has 0 bridgehead atoms. The Morgan fingerprint density at radius 2 is 1.89 bits per heavy atom. The van der Waals surface area contributed by atoms with Gasteiger partial charge in [-0.2, -0.15) is 0 Å². The van der Waals surface area contributed by atoms with E-state index in [0.717, 1.165) is 28.3 Å². The second-order valence-corrected chi connectivity index (χ2v) is 6.88. The number of nitrogens with zero attached hydrogens (tertiary/aromatic N) is 1. The Morgan fingerprint density at radius 1 is 1.11 bits per heavy atom. The summed E-state index contributed by atoms with van der Waals surface area (Å²) in [5, 5.41) is 5.67. The highest BCUT2D eigenvalue weighted by Crippen LogP contribution is 2.35. The topological polar surface area (TPSA) is 66.0 Å². The molecule has 2 aromatic carbocycles. The van der Waals surface area contributed by atoms with Gasteiger partial charge in [0.05, 0.1) is 5.69 Å². The number of pyridine rings is 1. The van der Waals surface area contributed by atoms with Gasteiger partial charge in [-0.15, -0.1) is 0 Å². The summed E-state index contributed by atoms with van der Waals surface area (Å²) in [7, 11) is 0. The lowest BCUT2D eigenvalue weighted by molar-refractivity contribution is 0.102. The van der Waals surface area contributed by atoms with Crippen LogP contribution in [0.4, 0.5) is 24.5 Å². The van der Waals surface area contributed by atoms with Crippen LogP contribution < -0.4 is 15.4 Å². The Bertz CT molecular complexity index is 1030. The molecule has 0 saturated carbocycles. The fourth-order valence-electron chi connectivity index (χ4n) is 2.70. The second kappa shape index (κ2) is 7.53. The molecule has 4 rings (SSSR count). The average molecular weight is 402 g/mol. The van der Waals surface area contributed by atoms with Crippen LogP contribution in [0.1, 0.15) is 22.1 Å². The molecule has 3 N–H and O–H groups in total. The summed E-state index contributed by atoms with van der Waals surface area (Å²) in [4.78, 5) is 17.3. The third-order valence-corrected chi connectivity index (χ3v) is 5.00. The molecule has 0 spiro atoms. The van der Waals surface area contributed by atoms with Crippen LogP contribution in [0.5, 0.6) is 0 Å². The van der Waals surface area contributed by atoms with E-state index >= 15 is 0 Å². The molecule has 5 nitrogen and oxygen atoms in total. The second-order valence-electron chi connectivity index (χ2n) is 6.00. The number of benzene rings is 2. The highest BCUT2D eigenvalue weighted by Gasteiger charge is 2.21. The number of halogens is 3. The third kappa shape index (κ3) is 3.67. The summed E-state index contributed by atoms with van der Waals surface area (Å²) < 4.78 is 42.9. The van der Waals surface area contributed by atoms with E-state index in [1.54, 1.807) is 30.6 Å². The van der Waals surface area contributed by atoms with Gasteiger partial charge in [-0.1, -0.05) is 6.07 Å². The van der Waals surface area contributed by atoms with Crippen molar-refractivity contribution >= 4 is 29.2 Å². The van der Waals surface area contributed by atoms with Gasteiger partial charge in [-0.05, 0) is 36.2 Å². The van der Waals surface area contributed by atoms with Gasteiger partial charge in [0, 0.05) is 46.2 Å². The summed E-state index contributed by atoms with van der Waals surface area (Å²) in [5.41, 5.74) is 1.91. The Hall–Kier alpha value is -3.04. The Labute approximate surface area is 162 Å². The molecular formula is C19H13F3N4OS. The van der Waals surface area contributed by atoms with E-state index in [-0.39, 0.29) is 11.9 Å². The van der Waals surface area contributed by atoms with Crippen LogP contribution in [0.2, 0.25) is 0 Å². The summed E-state index contributed by atoms with van der Waals surface area (Å²) >= 11 is 1.35. The number of carbonyl (C=O) groups excluding carboxylic acids is 1. The van der Waals surface area contributed by atoms with Crippen molar-refractivity contribution in [3.63, 3.8) is 0 Å².